The number of aryl methyl sites for hydroxylation is 2. The van der Waals surface area contributed by atoms with Gasteiger partial charge in [0.05, 0.1) is 5.69 Å². The van der Waals surface area contributed by atoms with Crippen molar-refractivity contribution in [2.24, 2.45) is 0 Å². The number of amides is 1. The van der Waals surface area contributed by atoms with E-state index in [2.05, 4.69) is 10.4 Å². The summed E-state index contributed by atoms with van der Waals surface area (Å²) < 4.78 is 1.72. The number of nitrogens with zero attached hydrogens (tertiary/aromatic N) is 2. The van der Waals surface area contributed by atoms with E-state index < -0.39 is 0 Å². The first kappa shape index (κ1) is 15.3. The molecule has 0 unspecified atom stereocenters. The van der Waals surface area contributed by atoms with Crippen LogP contribution in [0.1, 0.15) is 35.6 Å². The summed E-state index contributed by atoms with van der Waals surface area (Å²) in [5.41, 5.74) is 3.28. The number of aromatic nitrogens is 2. The molecule has 0 aliphatic carbocycles. The molecule has 0 saturated heterocycles. The van der Waals surface area contributed by atoms with E-state index in [1.165, 1.54) is 0 Å². The number of hydrogen-bond donors (Lipinski definition) is 2. The second-order valence-corrected chi connectivity index (χ2v) is 4.81. The van der Waals surface area contributed by atoms with Gasteiger partial charge in [-0.1, -0.05) is 19.1 Å². The molecule has 5 heteroatoms. The molecule has 0 spiro atoms. The van der Waals surface area contributed by atoms with E-state index >= 15 is 0 Å². The Balaban J connectivity index is 2.11. The Hall–Kier alpha value is -2.14. The van der Waals surface area contributed by atoms with Crippen LogP contribution in [0.15, 0.2) is 30.3 Å². The van der Waals surface area contributed by atoms with Gasteiger partial charge in [-0.15, -0.1) is 0 Å². The van der Waals surface area contributed by atoms with Crippen LogP contribution in [-0.2, 0) is 19.4 Å². The van der Waals surface area contributed by atoms with Crippen molar-refractivity contribution in [3.8, 4) is 0 Å². The molecule has 1 heterocycles. The van der Waals surface area contributed by atoms with Crippen molar-refractivity contribution in [3.63, 3.8) is 0 Å². The maximum absolute atomic E-state index is 12.3. The van der Waals surface area contributed by atoms with Crippen molar-refractivity contribution in [2.45, 2.75) is 33.2 Å². The number of rotatable bonds is 6. The summed E-state index contributed by atoms with van der Waals surface area (Å²) in [7, 11) is 0. The number of carbonyl (C=O) groups is 1. The first-order valence-corrected chi connectivity index (χ1v) is 7.25. The number of nitrogens with one attached hydrogen (secondary N) is 1. The summed E-state index contributed by atoms with van der Waals surface area (Å²) >= 11 is 0. The fraction of sp³-hybridized carbons (Fsp3) is 0.375. The lowest BCUT2D eigenvalue weighted by Crippen LogP contribution is -2.17. The van der Waals surface area contributed by atoms with E-state index in [0.717, 1.165) is 23.4 Å². The summed E-state index contributed by atoms with van der Waals surface area (Å²) in [4.78, 5) is 12.3. The maximum atomic E-state index is 12.3. The highest BCUT2D eigenvalue weighted by molar-refractivity contribution is 6.03. The predicted molar refractivity (Wildman–Crippen MR) is 82.5 cm³/mol. The molecule has 0 atom stereocenters. The third-order valence-corrected chi connectivity index (χ3v) is 3.34. The van der Waals surface area contributed by atoms with Crippen LogP contribution >= 0.6 is 0 Å². The minimum Gasteiger partial charge on any atom is -0.396 e. The van der Waals surface area contributed by atoms with Crippen LogP contribution in [0.25, 0.3) is 0 Å². The Morgan fingerprint density at radius 1 is 1.29 bits per heavy atom. The Kier molecular flexibility index (Phi) is 5.11. The molecule has 1 amide bonds. The van der Waals surface area contributed by atoms with Gasteiger partial charge in [0.15, 0.2) is 0 Å². The lowest BCUT2D eigenvalue weighted by molar-refractivity contribution is 0.101. The summed E-state index contributed by atoms with van der Waals surface area (Å²) in [5.74, 6) is -0.154. The van der Waals surface area contributed by atoms with Crippen molar-refractivity contribution in [2.75, 3.05) is 11.9 Å². The third kappa shape index (κ3) is 3.70. The maximum Gasteiger partial charge on any atom is 0.273 e. The molecular weight excluding hydrogens is 266 g/mol. The van der Waals surface area contributed by atoms with Gasteiger partial charge in [-0.3, -0.25) is 9.48 Å². The molecule has 0 saturated carbocycles. The standard InChI is InChI=1S/C16H21N3O2/c1-3-13-11-15(19(4-2)18-13)16(21)17-14-7-5-12(6-8-14)9-10-20/h5-8,11,20H,3-4,9-10H2,1-2H3,(H,17,21). The second-order valence-electron chi connectivity index (χ2n) is 4.81. The molecule has 21 heavy (non-hydrogen) atoms. The van der Waals surface area contributed by atoms with E-state index in [1.807, 2.05) is 44.2 Å². The SMILES string of the molecule is CCc1cc(C(=O)Nc2ccc(CCO)cc2)n(CC)n1. The number of aliphatic hydroxyl groups is 1. The number of hydrogen-bond acceptors (Lipinski definition) is 3. The van der Waals surface area contributed by atoms with Crippen LogP contribution in [0.4, 0.5) is 5.69 Å². The smallest absolute Gasteiger partial charge is 0.273 e. The zero-order valence-electron chi connectivity index (χ0n) is 12.5. The molecule has 2 aromatic rings. The normalized spacial score (nSPS) is 10.6. The van der Waals surface area contributed by atoms with Gasteiger partial charge in [0, 0.05) is 18.8 Å². The van der Waals surface area contributed by atoms with Gasteiger partial charge < -0.3 is 10.4 Å². The highest BCUT2D eigenvalue weighted by atomic mass is 16.3. The molecule has 2 rings (SSSR count). The zero-order chi connectivity index (χ0) is 15.2. The summed E-state index contributed by atoms with van der Waals surface area (Å²) in [6, 6.07) is 9.33. The summed E-state index contributed by atoms with van der Waals surface area (Å²) in [6.45, 7) is 4.77. The number of benzene rings is 1. The third-order valence-electron chi connectivity index (χ3n) is 3.34. The fourth-order valence-electron chi connectivity index (χ4n) is 2.15. The van der Waals surface area contributed by atoms with Crippen molar-refractivity contribution >= 4 is 11.6 Å². The average molecular weight is 287 g/mol. The van der Waals surface area contributed by atoms with E-state index in [0.29, 0.717) is 18.7 Å². The van der Waals surface area contributed by atoms with E-state index in [4.69, 9.17) is 5.11 Å². The van der Waals surface area contributed by atoms with Crippen LogP contribution in [-0.4, -0.2) is 27.4 Å². The molecule has 1 aromatic heterocycles. The molecular formula is C16H21N3O2. The number of carbonyl (C=O) groups excluding carboxylic acids is 1. The molecule has 0 aliphatic heterocycles. The van der Waals surface area contributed by atoms with Crippen molar-refractivity contribution in [1.82, 2.24) is 9.78 Å². The van der Waals surface area contributed by atoms with E-state index in [9.17, 15) is 4.79 Å². The molecule has 0 radical (unpaired) electrons. The van der Waals surface area contributed by atoms with Gasteiger partial charge in [-0.2, -0.15) is 5.10 Å². The molecule has 5 nitrogen and oxygen atoms in total. The molecule has 0 bridgehead atoms. The van der Waals surface area contributed by atoms with Crippen molar-refractivity contribution in [3.05, 3.63) is 47.3 Å². The fourth-order valence-corrected chi connectivity index (χ4v) is 2.15. The van der Waals surface area contributed by atoms with Crippen LogP contribution in [0, 0.1) is 0 Å². The Labute approximate surface area is 124 Å². The summed E-state index contributed by atoms with van der Waals surface area (Å²) in [6.07, 6.45) is 1.43. The average Bonchev–Trinajstić information content (AvgIpc) is 2.93. The molecule has 0 aliphatic rings. The molecule has 2 N–H and O–H groups in total. The van der Waals surface area contributed by atoms with Crippen LogP contribution in [0.3, 0.4) is 0 Å². The predicted octanol–water partition coefficient (Wildman–Crippen LogP) is 2.25. The van der Waals surface area contributed by atoms with Crippen molar-refractivity contribution < 1.29 is 9.90 Å². The highest BCUT2D eigenvalue weighted by Crippen LogP contribution is 2.13. The van der Waals surface area contributed by atoms with Crippen LogP contribution < -0.4 is 5.32 Å². The number of anilines is 1. The minimum absolute atomic E-state index is 0.126. The largest absolute Gasteiger partial charge is 0.396 e. The Bertz CT molecular complexity index is 602. The number of aliphatic hydroxyl groups excluding tert-OH is 1. The van der Waals surface area contributed by atoms with Gasteiger partial charge in [0.2, 0.25) is 0 Å². The summed E-state index contributed by atoms with van der Waals surface area (Å²) in [5, 5.41) is 16.1. The highest BCUT2D eigenvalue weighted by Gasteiger charge is 2.14. The quantitative estimate of drug-likeness (QED) is 0.856. The first-order valence-electron chi connectivity index (χ1n) is 7.25. The van der Waals surface area contributed by atoms with Gasteiger partial charge >= 0.3 is 0 Å². The Morgan fingerprint density at radius 3 is 2.57 bits per heavy atom. The van der Waals surface area contributed by atoms with E-state index in [-0.39, 0.29) is 12.5 Å². The minimum atomic E-state index is -0.154. The van der Waals surface area contributed by atoms with Gasteiger partial charge in [0.25, 0.3) is 5.91 Å². The Morgan fingerprint density at radius 2 is 2.00 bits per heavy atom. The topological polar surface area (TPSA) is 67.2 Å². The van der Waals surface area contributed by atoms with Gasteiger partial charge in [-0.05, 0) is 43.5 Å². The molecule has 0 fully saturated rings. The van der Waals surface area contributed by atoms with Gasteiger partial charge in [-0.25, -0.2) is 0 Å². The van der Waals surface area contributed by atoms with Gasteiger partial charge in [0.1, 0.15) is 5.69 Å². The molecule has 1 aromatic carbocycles. The second kappa shape index (κ2) is 7.04. The first-order chi connectivity index (χ1) is 10.2. The lowest BCUT2D eigenvalue weighted by Gasteiger charge is -2.07. The van der Waals surface area contributed by atoms with Crippen LogP contribution in [0.5, 0.6) is 0 Å². The van der Waals surface area contributed by atoms with E-state index in [1.54, 1.807) is 4.68 Å². The van der Waals surface area contributed by atoms with Crippen LogP contribution in [0.2, 0.25) is 0 Å². The van der Waals surface area contributed by atoms with Crippen molar-refractivity contribution in [1.29, 1.82) is 0 Å². The zero-order valence-corrected chi connectivity index (χ0v) is 12.5. The molecule has 112 valence electrons. The monoisotopic (exact) mass is 287 g/mol. The lowest BCUT2D eigenvalue weighted by atomic mass is 10.1.